The maximum absolute atomic E-state index is 9.32. The van der Waals surface area contributed by atoms with Gasteiger partial charge >= 0.3 is 0 Å². The molecule has 2 N–H and O–H groups in total. The molecule has 0 fully saturated rings. The molecule has 4 heteroatoms. The van der Waals surface area contributed by atoms with Gasteiger partial charge in [-0.2, -0.15) is 0 Å². The normalized spacial score (nSPS) is 13.3. The van der Waals surface area contributed by atoms with Gasteiger partial charge in [0.25, 0.3) is 0 Å². The first kappa shape index (κ1) is 13.5. The summed E-state index contributed by atoms with van der Waals surface area (Å²) < 4.78 is 1.22. The van der Waals surface area contributed by atoms with Crippen LogP contribution in [0, 0.1) is 5.92 Å². The molecule has 1 unspecified atom stereocenters. The molecule has 18 heavy (non-hydrogen) atoms. The average Bonchev–Trinajstić information content (AvgIpc) is 2.81. The first-order valence-electron chi connectivity index (χ1n) is 6.35. The van der Waals surface area contributed by atoms with Crippen molar-refractivity contribution in [3.63, 3.8) is 0 Å². The molecule has 2 rings (SSSR count). The van der Waals surface area contributed by atoms with Gasteiger partial charge in [-0.1, -0.05) is 13.8 Å². The molecule has 1 atom stereocenters. The van der Waals surface area contributed by atoms with E-state index in [4.69, 9.17) is 0 Å². The Bertz CT molecular complexity index is 495. The number of aliphatic hydroxyl groups is 1. The van der Waals surface area contributed by atoms with E-state index in [1.807, 2.05) is 12.3 Å². The number of hydrogen-bond acceptors (Lipinski definition) is 4. The van der Waals surface area contributed by atoms with E-state index in [9.17, 15) is 5.11 Å². The zero-order chi connectivity index (χ0) is 13.0. The van der Waals surface area contributed by atoms with Crippen molar-refractivity contribution >= 4 is 21.6 Å². The van der Waals surface area contributed by atoms with Gasteiger partial charge in [0.2, 0.25) is 0 Å². The highest BCUT2D eigenvalue weighted by molar-refractivity contribution is 7.17. The van der Waals surface area contributed by atoms with Crippen molar-refractivity contribution in [1.82, 2.24) is 10.3 Å². The van der Waals surface area contributed by atoms with E-state index in [1.165, 1.54) is 10.3 Å². The number of nitrogens with zero attached hydrogens (tertiary/aromatic N) is 1. The summed E-state index contributed by atoms with van der Waals surface area (Å²) in [6.07, 6.45) is 2.90. The molecule has 2 aromatic heterocycles. The second-order valence-corrected chi connectivity index (χ2v) is 5.99. The largest absolute Gasteiger partial charge is 0.395 e. The zero-order valence-electron chi connectivity index (χ0n) is 10.9. The van der Waals surface area contributed by atoms with E-state index >= 15 is 0 Å². The van der Waals surface area contributed by atoms with Crippen LogP contribution in [0.25, 0.3) is 10.2 Å². The smallest absolute Gasteiger partial charge is 0.0809 e. The lowest BCUT2D eigenvalue weighted by molar-refractivity contribution is 0.223. The van der Waals surface area contributed by atoms with Crippen LogP contribution in [0.2, 0.25) is 0 Å². The number of nitrogens with one attached hydrogen (secondary N) is 1. The van der Waals surface area contributed by atoms with E-state index < -0.39 is 0 Å². The van der Waals surface area contributed by atoms with Crippen LogP contribution < -0.4 is 5.32 Å². The molecule has 0 amide bonds. The second kappa shape index (κ2) is 6.27. The third-order valence-corrected chi connectivity index (χ3v) is 3.78. The fourth-order valence-electron chi connectivity index (χ4n) is 2.04. The minimum Gasteiger partial charge on any atom is -0.395 e. The quantitative estimate of drug-likeness (QED) is 0.843. The Morgan fingerprint density at radius 3 is 3.00 bits per heavy atom. The highest BCUT2D eigenvalue weighted by Crippen LogP contribution is 2.19. The van der Waals surface area contributed by atoms with Gasteiger partial charge < -0.3 is 10.4 Å². The topological polar surface area (TPSA) is 45.1 Å². The summed E-state index contributed by atoms with van der Waals surface area (Å²) in [4.78, 5) is 4.41. The molecular formula is C14H20N2OS. The predicted molar refractivity (Wildman–Crippen MR) is 76.8 cm³/mol. The van der Waals surface area contributed by atoms with Crippen molar-refractivity contribution in [3.05, 3.63) is 29.3 Å². The third kappa shape index (κ3) is 3.51. The van der Waals surface area contributed by atoms with Crippen molar-refractivity contribution in [2.24, 2.45) is 5.92 Å². The SMILES string of the molecule is CC(C)CC(CO)NCc1cnc2ccsc2c1. The lowest BCUT2D eigenvalue weighted by Crippen LogP contribution is -2.33. The number of thiophene rings is 1. The summed E-state index contributed by atoms with van der Waals surface area (Å²) in [5.41, 5.74) is 2.23. The van der Waals surface area contributed by atoms with Gasteiger partial charge in [-0.05, 0) is 35.4 Å². The van der Waals surface area contributed by atoms with E-state index in [0.717, 1.165) is 18.5 Å². The molecule has 2 heterocycles. The molecule has 0 spiro atoms. The Hall–Kier alpha value is -0.970. The van der Waals surface area contributed by atoms with Gasteiger partial charge in [0.05, 0.1) is 16.8 Å². The number of hydrogen-bond donors (Lipinski definition) is 2. The fourth-order valence-corrected chi connectivity index (χ4v) is 2.84. The maximum atomic E-state index is 9.32. The molecule has 0 aliphatic carbocycles. The Labute approximate surface area is 112 Å². The molecule has 0 saturated heterocycles. The van der Waals surface area contributed by atoms with Crippen molar-refractivity contribution < 1.29 is 5.11 Å². The molecule has 2 aromatic rings. The van der Waals surface area contributed by atoms with Gasteiger partial charge in [-0.3, -0.25) is 4.98 Å². The number of pyridine rings is 1. The summed E-state index contributed by atoms with van der Waals surface area (Å²) in [7, 11) is 0. The van der Waals surface area contributed by atoms with Crippen LogP contribution in [-0.4, -0.2) is 22.7 Å². The minimum absolute atomic E-state index is 0.170. The second-order valence-electron chi connectivity index (χ2n) is 5.04. The van der Waals surface area contributed by atoms with Crippen LogP contribution in [0.5, 0.6) is 0 Å². The fraction of sp³-hybridized carbons (Fsp3) is 0.500. The standard InChI is InChI=1S/C14H20N2OS/c1-10(2)5-12(9-17)15-7-11-6-14-13(16-8-11)3-4-18-14/h3-4,6,8,10,12,15,17H,5,7,9H2,1-2H3. The highest BCUT2D eigenvalue weighted by Gasteiger charge is 2.09. The lowest BCUT2D eigenvalue weighted by Gasteiger charge is -2.18. The van der Waals surface area contributed by atoms with Crippen molar-refractivity contribution in [3.8, 4) is 0 Å². The van der Waals surface area contributed by atoms with Gasteiger partial charge in [0.15, 0.2) is 0 Å². The molecule has 0 aromatic carbocycles. The molecule has 0 radical (unpaired) electrons. The average molecular weight is 264 g/mol. The minimum atomic E-state index is 0.170. The van der Waals surface area contributed by atoms with Crippen LogP contribution in [0.4, 0.5) is 0 Å². The van der Waals surface area contributed by atoms with Crippen molar-refractivity contribution in [2.75, 3.05) is 6.61 Å². The first-order chi connectivity index (χ1) is 8.69. The van der Waals surface area contributed by atoms with E-state index in [2.05, 4.69) is 35.6 Å². The first-order valence-corrected chi connectivity index (χ1v) is 7.23. The van der Waals surface area contributed by atoms with Crippen molar-refractivity contribution in [1.29, 1.82) is 0 Å². The Balaban J connectivity index is 1.95. The summed E-state index contributed by atoms with van der Waals surface area (Å²) in [5.74, 6) is 0.590. The van der Waals surface area contributed by atoms with E-state index in [1.54, 1.807) is 11.3 Å². The summed E-state index contributed by atoms with van der Waals surface area (Å²) >= 11 is 1.71. The van der Waals surface area contributed by atoms with Gasteiger partial charge in [0, 0.05) is 18.8 Å². The molecule has 0 aliphatic heterocycles. The summed E-state index contributed by atoms with van der Waals surface area (Å²) in [6, 6.07) is 4.38. The Morgan fingerprint density at radius 1 is 1.44 bits per heavy atom. The van der Waals surface area contributed by atoms with Gasteiger partial charge in [-0.25, -0.2) is 0 Å². The van der Waals surface area contributed by atoms with Crippen LogP contribution in [0.3, 0.4) is 0 Å². The number of aliphatic hydroxyl groups excluding tert-OH is 1. The molecule has 3 nitrogen and oxygen atoms in total. The lowest BCUT2D eigenvalue weighted by atomic mass is 10.0. The maximum Gasteiger partial charge on any atom is 0.0809 e. The van der Waals surface area contributed by atoms with Gasteiger partial charge in [0.1, 0.15) is 0 Å². The van der Waals surface area contributed by atoms with Crippen LogP contribution in [0.1, 0.15) is 25.8 Å². The number of aromatic nitrogens is 1. The molecule has 0 bridgehead atoms. The Kier molecular flexibility index (Phi) is 4.69. The van der Waals surface area contributed by atoms with E-state index in [-0.39, 0.29) is 12.6 Å². The molecular weight excluding hydrogens is 244 g/mol. The van der Waals surface area contributed by atoms with Crippen LogP contribution in [0.15, 0.2) is 23.7 Å². The predicted octanol–water partition coefficient (Wildman–Crippen LogP) is 2.79. The third-order valence-electron chi connectivity index (χ3n) is 2.93. The number of rotatable bonds is 6. The molecule has 0 aliphatic rings. The molecule has 0 saturated carbocycles. The van der Waals surface area contributed by atoms with Gasteiger partial charge in [-0.15, -0.1) is 11.3 Å². The van der Waals surface area contributed by atoms with Crippen LogP contribution >= 0.6 is 11.3 Å². The zero-order valence-corrected chi connectivity index (χ0v) is 11.7. The van der Waals surface area contributed by atoms with E-state index in [0.29, 0.717) is 5.92 Å². The Morgan fingerprint density at radius 2 is 2.28 bits per heavy atom. The highest BCUT2D eigenvalue weighted by atomic mass is 32.1. The summed E-state index contributed by atoms with van der Waals surface area (Å²) in [5, 5.41) is 14.8. The monoisotopic (exact) mass is 264 g/mol. The van der Waals surface area contributed by atoms with Crippen molar-refractivity contribution in [2.45, 2.75) is 32.9 Å². The number of fused-ring (bicyclic) bond motifs is 1. The molecule has 98 valence electrons. The summed E-state index contributed by atoms with van der Waals surface area (Å²) in [6.45, 7) is 5.29. The van der Waals surface area contributed by atoms with Crippen LogP contribution in [-0.2, 0) is 6.54 Å².